The van der Waals surface area contributed by atoms with Gasteiger partial charge in [0.05, 0.1) is 26.9 Å². The first kappa shape index (κ1) is 34.3. The number of rotatable bonds is 6. The molecule has 0 aliphatic rings. The van der Waals surface area contributed by atoms with Crippen molar-refractivity contribution in [3.8, 4) is 62.2 Å². The van der Waals surface area contributed by atoms with Crippen LogP contribution in [-0.2, 0) is 0 Å². The van der Waals surface area contributed by atoms with Gasteiger partial charge in [-0.05, 0) is 46.2 Å². The van der Waals surface area contributed by atoms with Gasteiger partial charge in [-0.15, -0.1) is 11.3 Å². The summed E-state index contributed by atoms with van der Waals surface area (Å²) in [6, 6.07) is 70.2. The van der Waals surface area contributed by atoms with E-state index < -0.39 is 0 Å². The first-order valence-electron chi connectivity index (χ1n) is 20.1. The summed E-state index contributed by atoms with van der Waals surface area (Å²) < 4.78 is 4.98. The fraction of sp³-hybridized carbons (Fsp3) is 0. The molecule has 0 fully saturated rings. The third-order valence-electron chi connectivity index (χ3n) is 11.4. The number of para-hydroxylation sites is 2. The maximum Gasteiger partial charge on any atom is 0.164 e. The summed E-state index contributed by atoms with van der Waals surface area (Å²) in [5.74, 6) is 1.94. The monoisotopic (exact) mass is 783 g/mol. The van der Waals surface area contributed by atoms with Gasteiger partial charge in [0.1, 0.15) is 0 Å². The molecule has 60 heavy (non-hydrogen) atoms. The average molecular weight is 784 g/mol. The maximum atomic E-state index is 5.43. The van der Waals surface area contributed by atoms with Gasteiger partial charge in [0.15, 0.2) is 17.5 Å². The van der Waals surface area contributed by atoms with E-state index in [-0.39, 0.29) is 0 Å². The van der Waals surface area contributed by atoms with Crippen LogP contribution in [0.1, 0.15) is 0 Å². The highest BCUT2D eigenvalue weighted by molar-refractivity contribution is 7.27. The predicted octanol–water partition coefficient (Wildman–Crippen LogP) is 14.2. The Hall–Kier alpha value is -7.80. The van der Waals surface area contributed by atoms with Crippen LogP contribution in [0.25, 0.3) is 115 Å². The van der Waals surface area contributed by atoms with Gasteiger partial charge in [0, 0.05) is 48.8 Å². The van der Waals surface area contributed by atoms with Gasteiger partial charge >= 0.3 is 0 Å². The molecule has 0 bridgehead atoms. The number of thiophene rings is 1. The molecule has 0 aliphatic carbocycles. The summed E-state index contributed by atoms with van der Waals surface area (Å²) in [4.78, 5) is 20.2. The number of hydrogen-bond acceptors (Lipinski definition) is 5. The minimum absolute atomic E-state index is 0.638. The van der Waals surface area contributed by atoms with E-state index >= 15 is 0 Å². The molecule has 4 heterocycles. The number of fused-ring (bicyclic) bond motifs is 8. The molecule has 12 aromatic rings. The molecule has 6 heteroatoms. The summed E-state index contributed by atoms with van der Waals surface area (Å²) in [5, 5.41) is 6.05. The van der Waals surface area contributed by atoms with E-state index in [1.165, 1.54) is 47.4 Å². The van der Waals surface area contributed by atoms with Crippen molar-refractivity contribution in [3.05, 3.63) is 200 Å². The van der Waals surface area contributed by atoms with Crippen LogP contribution < -0.4 is 0 Å². The number of hydrogen-bond donors (Lipinski definition) is 0. The molecule has 0 unspecified atom stereocenters. The van der Waals surface area contributed by atoms with E-state index in [0.717, 1.165) is 50.3 Å². The molecular weight excluding hydrogens is 751 g/mol. The maximum absolute atomic E-state index is 5.43. The third kappa shape index (κ3) is 5.69. The van der Waals surface area contributed by atoms with E-state index in [1.54, 1.807) is 0 Å². The normalized spacial score (nSPS) is 11.7. The lowest BCUT2D eigenvalue weighted by Gasteiger charge is -2.12. The van der Waals surface area contributed by atoms with Crippen molar-refractivity contribution in [2.75, 3.05) is 0 Å². The third-order valence-corrected chi connectivity index (χ3v) is 12.7. The zero-order chi connectivity index (χ0) is 39.6. The number of pyridine rings is 1. The van der Waals surface area contributed by atoms with E-state index in [0.29, 0.717) is 17.5 Å². The van der Waals surface area contributed by atoms with Crippen LogP contribution in [0.3, 0.4) is 0 Å². The van der Waals surface area contributed by atoms with E-state index in [2.05, 4.69) is 144 Å². The molecule has 0 radical (unpaired) electrons. The van der Waals surface area contributed by atoms with E-state index in [4.69, 9.17) is 19.9 Å². The van der Waals surface area contributed by atoms with Gasteiger partial charge in [-0.2, -0.15) is 0 Å². The molecule has 0 spiro atoms. The van der Waals surface area contributed by atoms with Gasteiger partial charge in [-0.25, -0.2) is 19.9 Å². The number of aromatic nitrogens is 5. The molecule has 5 nitrogen and oxygen atoms in total. The van der Waals surface area contributed by atoms with Crippen molar-refractivity contribution in [1.29, 1.82) is 0 Å². The number of benzene rings is 8. The molecule has 0 atom stereocenters. The molecule has 0 saturated carbocycles. The van der Waals surface area contributed by atoms with Crippen LogP contribution in [-0.4, -0.2) is 24.5 Å². The van der Waals surface area contributed by atoms with Gasteiger partial charge in [0.25, 0.3) is 0 Å². The Kier molecular flexibility index (Phi) is 7.96. The molecule has 8 aromatic carbocycles. The van der Waals surface area contributed by atoms with Gasteiger partial charge in [0.2, 0.25) is 0 Å². The van der Waals surface area contributed by atoms with Crippen LogP contribution in [0.2, 0.25) is 0 Å². The van der Waals surface area contributed by atoms with Crippen LogP contribution >= 0.6 is 11.3 Å². The lowest BCUT2D eigenvalue weighted by Crippen LogP contribution is -2.00. The summed E-state index contributed by atoms with van der Waals surface area (Å²) in [6.07, 6.45) is 0. The summed E-state index contributed by atoms with van der Waals surface area (Å²) in [5.41, 5.74) is 11.6. The van der Waals surface area contributed by atoms with Crippen LogP contribution in [0, 0.1) is 0 Å². The Bertz CT molecular complexity index is 3520. The van der Waals surface area contributed by atoms with Crippen molar-refractivity contribution in [1.82, 2.24) is 24.5 Å². The second kappa shape index (κ2) is 13.9. The van der Waals surface area contributed by atoms with Crippen molar-refractivity contribution in [2.45, 2.75) is 0 Å². The topological polar surface area (TPSA) is 56.5 Å². The van der Waals surface area contributed by atoms with Crippen molar-refractivity contribution in [2.24, 2.45) is 0 Å². The van der Waals surface area contributed by atoms with Crippen LogP contribution in [0.5, 0.6) is 0 Å². The minimum atomic E-state index is 0.638. The molecule has 12 rings (SSSR count). The molecule has 0 aliphatic heterocycles. The Labute approximate surface area is 349 Å². The largest absolute Gasteiger partial charge is 0.308 e. The second-order valence-electron chi connectivity index (χ2n) is 15.0. The zero-order valence-corrected chi connectivity index (χ0v) is 33.0. The first-order chi connectivity index (χ1) is 29.7. The highest BCUT2D eigenvalue weighted by atomic mass is 32.1. The molecule has 4 aromatic heterocycles. The summed E-state index contributed by atoms with van der Waals surface area (Å²) in [6.45, 7) is 0. The molecule has 0 amide bonds. The quantitative estimate of drug-likeness (QED) is 0.169. The van der Waals surface area contributed by atoms with E-state index in [9.17, 15) is 0 Å². The van der Waals surface area contributed by atoms with Crippen molar-refractivity contribution >= 4 is 64.2 Å². The Balaban J connectivity index is 0.973. The fourth-order valence-corrected chi connectivity index (χ4v) is 9.87. The smallest absolute Gasteiger partial charge is 0.164 e. The SMILES string of the molecule is c1ccc(-c2nc(-c3ccccc3)nc(-c3ccc(-c4ccc(-c5nc6ccccc6c6sc7c8ccccc8n(-c8ccc9ccccc9c8)c7c56)cc4)cc3)n2)cc1. The Morgan fingerprint density at radius 1 is 0.367 bits per heavy atom. The van der Waals surface area contributed by atoms with Crippen molar-refractivity contribution in [3.63, 3.8) is 0 Å². The van der Waals surface area contributed by atoms with Crippen molar-refractivity contribution < 1.29 is 0 Å². The van der Waals surface area contributed by atoms with Crippen LogP contribution in [0.4, 0.5) is 0 Å². The van der Waals surface area contributed by atoms with E-state index in [1.807, 2.05) is 72.0 Å². The average Bonchev–Trinajstić information content (AvgIpc) is 3.87. The lowest BCUT2D eigenvalue weighted by atomic mass is 9.99. The highest BCUT2D eigenvalue weighted by Gasteiger charge is 2.23. The lowest BCUT2D eigenvalue weighted by molar-refractivity contribution is 1.07. The highest BCUT2D eigenvalue weighted by Crippen LogP contribution is 2.48. The Morgan fingerprint density at radius 2 is 0.883 bits per heavy atom. The van der Waals surface area contributed by atoms with Crippen LogP contribution in [0.15, 0.2) is 200 Å². The second-order valence-corrected chi connectivity index (χ2v) is 16.1. The first-order valence-corrected chi connectivity index (χ1v) is 20.9. The standard InChI is InChI=1S/C54H33N5S/c1-3-14-38(15-4-1)52-56-53(39-16-5-2-6-17-39)58-54(57-52)40-29-25-36(26-30-40)35-23-27-37(28-24-35)48-47-49-51(60-50(47)43-19-9-11-21-45(43)55-48)44-20-10-12-22-46(44)59(49)42-32-31-34-13-7-8-18-41(34)33-42/h1-33H. The zero-order valence-electron chi connectivity index (χ0n) is 32.2. The summed E-state index contributed by atoms with van der Waals surface area (Å²) >= 11 is 1.87. The van der Waals surface area contributed by atoms with Gasteiger partial charge < -0.3 is 4.57 Å². The number of nitrogens with zero attached hydrogens (tertiary/aromatic N) is 5. The van der Waals surface area contributed by atoms with Gasteiger partial charge in [-0.1, -0.05) is 176 Å². The predicted molar refractivity (Wildman–Crippen MR) is 250 cm³/mol. The molecule has 0 N–H and O–H groups in total. The fourth-order valence-electron chi connectivity index (χ4n) is 8.51. The Morgan fingerprint density at radius 3 is 1.55 bits per heavy atom. The minimum Gasteiger partial charge on any atom is -0.308 e. The summed E-state index contributed by atoms with van der Waals surface area (Å²) in [7, 11) is 0. The molecule has 280 valence electrons. The molecular formula is C54H33N5S. The van der Waals surface area contributed by atoms with Gasteiger partial charge in [-0.3, -0.25) is 0 Å². The molecule has 0 saturated heterocycles.